The van der Waals surface area contributed by atoms with Crippen molar-refractivity contribution in [1.82, 2.24) is 0 Å². The van der Waals surface area contributed by atoms with Crippen LogP contribution in [0.25, 0.3) is 0 Å². The summed E-state index contributed by atoms with van der Waals surface area (Å²) in [7, 11) is -4.23. The van der Waals surface area contributed by atoms with E-state index in [1.165, 1.54) is 42.5 Å². The van der Waals surface area contributed by atoms with Gasteiger partial charge in [0.15, 0.2) is 0 Å². The quantitative estimate of drug-likeness (QED) is 0.859. The fourth-order valence-corrected chi connectivity index (χ4v) is 3.94. The molecule has 1 heterocycles. The van der Waals surface area contributed by atoms with Crippen molar-refractivity contribution in [3.8, 4) is 5.75 Å². The molecule has 1 aliphatic rings. The van der Waals surface area contributed by atoms with Gasteiger partial charge < -0.3 is 15.6 Å². The summed E-state index contributed by atoms with van der Waals surface area (Å²) in [5.74, 6) is 0.401. The number of nitrogens with two attached hydrogens (primary N) is 1. The second-order valence-corrected chi connectivity index (χ2v) is 7.35. The van der Waals surface area contributed by atoms with Gasteiger partial charge >= 0.3 is 6.03 Å². The molecule has 0 bridgehead atoms. The second kappa shape index (κ2) is 5.97. The molecule has 0 fully saturated rings. The van der Waals surface area contributed by atoms with Crippen molar-refractivity contribution in [1.29, 1.82) is 0 Å². The van der Waals surface area contributed by atoms with Crippen molar-refractivity contribution >= 4 is 33.3 Å². The number of sulfonamides is 1. The predicted molar refractivity (Wildman–Crippen MR) is 87.5 cm³/mol. The number of amides is 2. The Balaban J connectivity index is 2.06. The van der Waals surface area contributed by atoms with Crippen molar-refractivity contribution in [2.24, 2.45) is 5.73 Å². The molecule has 24 heavy (non-hydrogen) atoms. The van der Waals surface area contributed by atoms with E-state index in [1.807, 2.05) is 0 Å². The van der Waals surface area contributed by atoms with Crippen LogP contribution in [-0.4, -0.2) is 25.8 Å². The van der Waals surface area contributed by atoms with E-state index in [-0.39, 0.29) is 17.0 Å². The summed E-state index contributed by atoms with van der Waals surface area (Å²) in [5, 5.41) is 9.87. The van der Waals surface area contributed by atoms with Crippen LogP contribution < -0.4 is 14.8 Å². The van der Waals surface area contributed by atoms with Crippen molar-refractivity contribution in [3.63, 3.8) is 0 Å². The minimum atomic E-state index is -4.23. The normalized spacial score (nSPS) is 16.3. The summed E-state index contributed by atoms with van der Waals surface area (Å²) < 4.78 is 31.3. The number of carbonyl (C=O) groups is 1. The van der Waals surface area contributed by atoms with Gasteiger partial charge in [-0.25, -0.2) is 13.2 Å². The van der Waals surface area contributed by atoms with Crippen LogP contribution >= 0.6 is 11.6 Å². The zero-order valence-corrected chi connectivity index (χ0v) is 13.8. The van der Waals surface area contributed by atoms with Crippen LogP contribution in [0.2, 0.25) is 5.02 Å². The molecule has 0 aliphatic carbocycles. The first-order valence-corrected chi connectivity index (χ1v) is 8.69. The zero-order valence-electron chi connectivity index (χ0n) is 12.2. The Morgan fingerprint density at radius 1 is 1.25 bits per heavy atom. The molecule has 2 aromatic carbocycles. The summed E-state index contributed by atoms with van der Waals surface area (Å²) in [4.78, 5) is 11.6. The molecule has 9 heteroatoms. The summed E-state index contributed by atoms with van der Waals surface area (Å²) in [6, 6.07) is 8.60. The van der Waals surface area contributed by atoms with E-state index in [0.29, 0.717) is 20.6 Å². The number of benzene rings is 2. The van der Waals surface area contributed by atoms with E-state index < -0.39 is 22.3 Å². The number of carbonyl (C=O) groups excluding carboxylic acids is 1. The number of primary amides is 1. The zero-order chi connectivity index (χ0) is 17.5. The van der Waals surface area contributed by atoms with Crippen LogP contribution in [0.5, 0.6) is 5.75 Å². The lowest BCUT2D eigenvalue weighted by Gasteiger charge is -2.20. The highest BCUT2D eigenvalue weighted by atomic mass is 35.5. The summed E-state index contributed by atoms with van der Waals surface area (Å²) >= 11 is 5.78. The van der Waals surface area contributed by atoms with Crippen LogP contribution in [-0.2, 0) is 16.4 Å². The Hall–Kier alpha value is -2.29. The van der Waals surface area contributed by atoms with E-state index in [2.05, 4.69) is 0 Å². The number of aliphatic hydroxyl groups excluding tert-OH is 1. The number of hydrogen-bond donors (Lipinski definition) is 2. The van der Waals surface area contributed by atoms with Gasteiger partial charge in [0.1, 0.15) is 5.75 Å². The smallest absolute Gasteiger partial charge is 0.333 e. The number of halogens is 1. The standard InChI is InChI=1S/C15H13ClN2O5S/c16-10-1-3-11(4-2-10)18(15(17)20)24(21,22)12-5-6-13-9(7-12)8-14(19)23-13/h1-7,14,19H,8H2,(H2,17,20). The molecule has 0 radical (unpaired) electrons. The fourth-order valence-electron chi connectivity index (χ4n) is 2.43. The van der Waals surface area contributed by atoms with Crippen LogP contribution in [0.3, 0.4) is 0 Å². The number of aliphatic hydroxyl groups is 1. The van der Waals surface area contributed by atoms with Crippen LogP contribution in [0.4, 0.5) is 10.5 Å². The second-order valence-electron chi connectivity index (χ2n) is 5.13. The van der Waals surface area contributed by atoms with Gasteiger partial charge in [-0.1, -0.05) is 11.6 Å². The van der Waals surface area contributed by atoms with E-state index in [1.54, 1.807) is 0 Å². The molecule has 7 nitrogen and oxygen atoms in total. The molecule has 0 saturated carbocycles. The maximum Gasteiger partial charge on any atom is 0.333 e. The molecule has 1 atom stereocenters. The molecule has 0 saturated heterocycles. The fraction of sp³-hybridized carbons (Fsp3) is 0.133. The summed E-state index contributed by atoms with van der Waals surface area (Å²) in [5.41, 5.74) is 5.88. The molecule has 0 spiro atoms. The molecule has 1 aliphatic heterocycles. The van der Waals surface area contributed by atoms with Gasteiger partial charge in [0.25, 0.3) is 10.0 Å². The Morgan fingerprint density at radius 3 is 2.54 bits per heavy atom. The lowest BCUT2D eigenvalue weighted by molar-refractivity contribution is 0.00215. The first kappa shape index (κ1) is 16.6. The van der Waals surface area contributed by atoms with Crippen LogP contribution in [0, 0.1) is 0 Å². The average Bonchev–Trinajstić information content (AvgIpc) is 2.88. The third-order valence-electron chi connectivity index (χ3n) is 3.49. The van der Waals surface area contributed by atoms with Gasteiger partial charge in [-0.05, 0) is 42.5 Å². The molecule has 126 valence electrons. The molecule has 3 N–H and O–H groups in total. The SMILES string of the molecule is NC(=O)N(c1ccc(Cl)cc1)S(=O)(=O)c1ccc2c(c1)CC(O)O2. The van der Waals surface area contributed by atoms with Gasteiger partial charge in [-0.15, -0.1) is 0 Å². The highest BCUT2D eigenvalue weighted by Gasteiger charge is 2.31. The minimum Gasteiger partial charge on any atom is -0.465 e. The highest BCUT2D eigenvalue weighted by molar-refractivity contribution is 7.93. The number of hydrogen-bond acceptors (Lipinski definition) is 5. The minimum absolute atomic E-state index is 0.0729. The summed E-state index contributed by atoms with van der Waals surface area (Å²) in [6.07, 6.45) is -0.850. The Bertz CT molecular complexity index is 899. The predicted octanol–water partition coefficient (Wildman–Crippen LogP) is 1.87. The maximum absolute atomic E-state index is 12.8. The lowest BCUT2D eigenvalue weighted by Crippen LogP contribution is -2.40. The van der Waals surface area contributed by atoms with E-state index >= 15 is 0 Å². The topological polar surface area (TPSA) is 110 Å². The molecule has 2 aromatic rings. The number of anilines is 1. The molecular formula is C15H13ClN2O5S. The largest absolute Gasteiger partial charge is 0.465 e. The first-order chi connectivity index (χ1) is 11.3. The van der Waals surface area contributed by atoms with Crippen molar-refractivity contribution in [3.05, 3.63) is 53.1 Å². The number of fused-ring (bicyclic) bond motifs is 1. The van der Waals surface area contributed by atoms with Gasteiger partial charge in [-0.3, -0.25) is 0 Å². The van der Waals surface area contributed by atoms with E-state index in [0.717, 1.165) is 0 Å². The third-order valence-corrected chi connectivity index (χ3v) is 5.46. The molecule has 3 rings (SSSR count). The highest BCUT2D eigenvalue weighted by Crippen LogP contribution is 2.32. The third kappa shape index (κ3) is 2.91. The van der Waals surface area contributed by atoms with Gasteiger partial charge in [0, 0.05) is 17.0 Å². The van der Waals surface area contributed by atoms with Gasteiger partial charge in [0.2, 0.25) is 6.29 Å². The Labute approximate surface area is 143 Å². The van der Waals surface area contributed by atoms with E-state index in [4.69, 9.17) is 22.1 Å². The molecule has 0 aromatic heterocycles. The van der Waals surface area contributed by atoms with Crippen molar-refractivity contribution in [2.75, 3.05) is 4.31 Å². The average molecular weight is 369 g/mol. The molecular weight excluding hydrogens is 356 g/mol. The molecule has 1 unspecified atom stereocenters. The van der Waals surface area contributed by atoms with Crippen LogP contribution in [0.15, 0.2) is 47.4 Å². The number of urea groups is 1. The van der Waals surface area contributed by atoms with Crippen LogP contribution in [0.1, 0.15) is 5.56 Å². The van der Waals surface area contributed by atoms with Gasteiger partial charge in [0.05, 0.1) is 10.6 Å². The Kier molecular flexibility index (Phi) is 4.12. The monoisotopic (exact) mass is 368 g/mol. The Morgan fingerprint density at radius 2 is 1.92 bits per heavy atom. The van der Waals surface area contributed by atoms with E-state index in [9.17, 15) is 18.3 Å². The summed E-state index contributed by atoms with van der Waals surface area (Å²) in [6.45, 7) is 0. The molecule has 2 amide bonds. The van der Waals surface area contributed by atoms with Crippen molar-refractivity contribution < 1.29 is 23.1 Å². The van der Waals surface area contributed by atoms with Gasteiger partial charge in [-0.2, -0.15) is 4.31 Å². The number of ether oxygens (including phenoxy) is 1. The lowest BCUT2D eigenvalue weighted by atomic mass is 10.2. The van der Waals surface area contributed by atoms with Crippen molar-refractivity contribution in [2.45, 2.75) is 17.6 Å². The number of rotatable bonds is 3. The first-order valence-electron chi connectivity index (χ1n) is 6.87. The number of nitrogens with zero attached hydrogens (tertiary/aromatic N) is 1. The maximum atomic E-state index is 12.8.